The summed E-state index contributed by atoms with van der Waals surface area (Å²) in [6.07, 6.45) is 3.66. The largest absolute Gasteiger partial charge is 0.375 e. The summed E-state index contributed by atoms with van der Waals surface area (Å²) in [5, 5.41) is 15.0. The molecule has 1 heterocycles. The molecule has 8 heteroatoms. The minimum atomic E-state index is -0.0438. The van der Waals surface area contributed by atoms with E-state index in [0.29, 0.717) is 0 Å². The summed E-state index contributed by atoms with van der Waals surface area (Å²) in [7, 11) is 2.12. The van der Waals surface area contributed by atoms with E-state index >= 15 is 0 Å². The van der Waals surface area contributed by atoms with Crippen molar-refractivity contribution in [1.82, 2.24) is 25.4 Å². The molecule has 0 radical (unpaired) electrons. The van der Waals surface area contributed by atoms with Gasteiger partial charge in [0.15, 0.2) is 5.96 Å². The first-order valence-corrected chi connectivity index (χ1v) is 10.1. The van der Waals surface area contributed by atoms with Gasteiger partial charge in [-0.2, -0.15) is 0 Å². The van der Waals surface area contributed by atoms with Gasteiger partial charge in [-0.3, -0.25) is 4.99 Å². The van der Waals surface area contributed by atoms with Crippen LogP contribution in [-0.2, 0) is 13.0 Å². The Morgan fingerprint density at radius 1 is 1.21 bits per heavy atom. The number of halogens is 1. The first kappa shape index (κ1) is 25.2. The standard InChI is InChI=1S/C21H35N7.HI/c1-6-19-26-24-17-28(19)16-14-23-20(25-21(2,3)4)22-13-10-15-27(5)18-11-8-7-9-12-18;/h7-9,11-12,17H,6,10,13-16H2,1-5H3,(H2,22,23,25);1H. The van der Waals surface area contributed by atoms with Crippen molar-refractivity contribution in [2.45, 2.75) is 52.6 Å². The van der Waals surface area contributed by atoms with Crippen molar-refractivity contribution in [3.63, 3.8) is 0 Å². The normalized spacial score (nSPS) is 11.7. The molecule has 162 valence electrons. The summed E-state index contributed by atoms with van der Waals surface area (Å²) in [5.41, 5.74) is 1.19. The zero-order valence-electron chi connectivity index (χ0n) is 18.4. The molecule has 0 fully saturated rings. The average Bonchev–Trinajstić information content (AvgIpc) is 3.12. The van der Waals surface area contributed by atoms with E-state index in [0.717, 1.165) is 50.8 Å². The maximum absolute atomic E-state index is 4.76. The molecule has 0 aliphatic heterocycles. The van der Waals surface area contributed by atoms with Gasteiger partial charge in [-0.25, -0.2) is 0 Å². The summed E-state index contributed by atoms with van der Waals surface area (Å²) >= 11 is 0. The van der Waals surface area contributed by atoms with Gasteiger partial charge in [-0.1, -0.05) is 25.1 Å². The van der Waals surface area contributed by atoms with Crippen molar-refractivity contribution in [2.75, 3.05) is 31.6 Å². The van der Waals surface area contributed by atoms with E-state index < -0.39 is 0 Å². The van der Waals surface area contributed by atoms with E-state index in [-0.39, 0.29) is 29.5 Å². The zero-order chi connectivity index (χ0) is 20.4. The first-order chi connectivity index (χ1) is 13.4. The van der Waals surface area contributed by atoms with Crippen LogP contribution in [0, 0.1) is 0 Å². The van der Waals surface area contributed by atoms with E-state index in [1.807, 2.05) is 6.07 Å². The Hall–Kier alpha value is -1.84. The molecule has 0 atom stereocenters. The van der Waals surface area contributed by atoms with Crippen LogP contribution in [0.2, 0.25) is 0 Å². The van der Waals surface area contributed by atoms with Gasteiger partial charge in [-0.15, -0.1) is 34.2 Å². The van der Waals surface area contributed by atoms with Crippen molar-refractivity contribution < 1.29 is 0 Å². The van der Waals surface area contributed by atoms with E-state index in [4.69, 9.17) is 4.99 Å². The highest BCUT2D eigenvalue weighted by Gasteiger charge is 2.12. The topological polar surface area (TPSA) is 70.4 Å². The number of hydrogen-bond acceptors (Lipinski definition) is 4. The van der Waals surface area contributed by atoms with Crippen LogP contribution in [0.1, 0.15) is 39.9 Å². The van der Waals surface area contributed by atoms with Crippen LogP contribution in [0.3, 0.4) is 0 Å². The fourth-order valence-corrected chi connectivity index (χ4v) is 2.84. The lowest BCUT2D eigenvalue weighted by atomic mass is 10.1. The zero-order valence-corrected chi connectivity index (χ0v) is 20.7. The number of anilines is 1. The Bertz CT molecular complexity index is 722. The molecular formula is C21H36IN7. The maximum Gasteiger partial charge on any atom is 0.191 e. The van der Waals surface area contributed by atoms with Crippen LogP contribution < -0.4 is 15.5 Å². The molecule has 0 saturated heterocycles. The molecule has 0 bridgehead atoms. The summed E-state index contributed by atoms with van der Waals surface area (Å²) in [5.74, 6) is 1.86. The Labute approximate surface area is 192 Å². The first-order valence-electron chi connectivity index (χ1n) is 10.1. The lowest BCUT2D eigenvalue weighted by Crippen LogP contribution is -2.48. The highest BCUT2D eigenvalue weighted by atomic mass is 127. The molecule has 29 heavy (non-hydrogen) atoms. The summed E-state index contributed by atoms with van der Waals surface area (Å²) in [4.78, 5) is 7.03. The van der Waals surface area contributed by atoms with Crippen LogP contribution in [0.25, 0.3) is 0 Å². The summed E-state index contributed by atoms with van der Waals surface area (Å²) < 4.78 is 2.08. The number of aromatic nitrogens is 3. The van der Waals surface area contributed by atoms with Crippen molar-refractivity contribution in [1.29, 1.82) is 0 Å². The highest BCUT2D eigenvalue weighted by Crippen LogP contribution is 2.10. The molecule has 0 unspecified atom stereocenters. The van der Waals surface area contributed by atoms with Crippen molar-refractivity contribution in [3.05, 3.63) is 42.5 Å². The van der Waals surface area contributed by atoms with Gasteiger partial charge < -0.3 is 20.1 Å². The Balaban J connectivity index is 0.00000420. The van der Waals surface area contributed by atoms with Crippen LogP contribution in [0.15, 0.2) is 41.7 Å². The number of hydrogen-bond donors (Lipinski definition) is 2. The molecule has 7 nitrogen and oxygen atoms in total. The lowest BCUT2D eigenvalue weighted by Gasteiger charge is -2.24. The number of aryl methyl sites for hydroxylation is 1. The van der Waals surface area contributed by atoms with Gasteiger partial charge in [0.05, 0.1) is 0 Å². The van der Waals surface area contributed by atoms with Gasteiger partial charge in [-0.05, 0) is 39.3 Å². The van der Waals surface area contributed by atoms with Crippen molar-refractivity contribution >= 4 is 35.6 Å². The molecule has 0 saturated carbocycles. The number of para-hydroxylation sites is 1. The fraction of sp³-hybridized carbons (Fsp3) is 0.571. The maximum atomic E-state index is 4.76. The second-order valence-corrected chi connectivity index (χ2v) is 7.94. The third kappa shape index (κ3) is 9.47. The predicted molar refractivity (Wildman–Crippen MR) is 132 cm³/mol. The molecular weight excluding hydrogens is 477 g/mol. The van der Waals surface area contributed by atoms with Gasteiger partial charge in [0.2, 0.25) is 0 Å². The number of nitrogens with one attached hydrogen (secondary N) is 2. The fourth-order valence-electron chi connectivity index (χ4n) is 2.84. The number of aliphatic imine (C=N–C) groups is 1. The lowest BCUT2D eigenvalue weighted by molar-refractivity contribution is 0.497. The third-order valence-electron chi connectivity index (χ3n) is 4.27. The van der Waals surface area contributed by atoms with Crippen LogP contribution in [0.4, 0.5) is 5.69 Å². The minimum Gasteiger partial charge on any atom is -0.375 e. The smallest absolute Gasteiger partial charge is 0.191 e. The third-order valence-corrected chi connectivity index (χ3v) is 4.27. The number of rotatable bonds is 9. The van der Waals surface area contributed by atoms with Crippen LogP contribution >= 0.6 is 24.0 Å². The van der Waals surface area contributed by atoms with Crippen molar-refractivity contribution in [3.8, 4) is 0 Å². The molecule has 0 aliphatic rings. The highest BCUT2D eigenvalue weighted by molar-refractivity contribution is 14.0. The quantitative estimate of drug-likeness (QED) is 0.233. The Morgan fingerprint density at radius 2 is 1.93 bits per heavy atom. The molecule has 0 amide bonds. The van der Waals surface area contributed by atoms with Gasteiger partial charge in [0.25, 0.3) is 0 Å². The molecule has 1 aromatic heterocycles. The molecule has 2 N–H and O–H groups in total. The van der Waals surface area contributed by atoms with Crippen LogP contribution in [-0.4, -0.2) is 52.9 Å². The molecule has 1 aromatic carbocycles. The minimum absolute atomic E-state index is 0. The van der Waals surface area contributed by atoms with Gasteiger partial charge in [0, 0.05) is 50.9 Å². The van der Waals surface area contributed by atoms with E-state index in [2.05, 4.69) is 89.3 Å². The Kier molecular flexibility index (Phi) is 11.0. The molecule has 2 aromatic rings. The van der Waals surface area contributed by atoms with Crippen LogP contribution in [0.5, 0.6) is 0 Å². The average molecular weight is 513 g/mol. The van der Waals surface area contributed by atoms with E-state index in [1.54, 1.807) is 6.33 Å². The van der Waals surface area contributed by atoms with Gasteiger partial charge in [0.1, 0.15) is 12.2 Å². The second kappa shape index (κ2) is 12.7. The summed E-state index contributed by atoms with van der Waals surface area (Å²) in [6.45, 7) is 11.8. The second-order valence-electron chi connectivity index (χ2n) is 7.94. The molecule has 0 aliphatic carbocycles. The van der Waals surface area contributed by atoms with Crippen molar-refractivity contribution in [2.24, 2.45) is 4.99 Å². The summed E-state index contributed by atoms with van der Waals surface area (Å²) in [6, 6.07) is 10.4. The number of guanidine groups is 1. The molecule has 2 rings (SSSR count). The van der Waals surface area contributed by atoms with Gasteiger partial charge >= 0.3 is 0 Å². The Morgan fingerprint density at radius 3 is 2.59 bits per heavy atom. The molecule has 0 spiro atoms. The predicted octanol–water partition coefficient (Wildman–Crippen LogP) is 3.32. The van der Waals surface area contributed by atoms with E-state index in [9.17, 15) is 0 Å². The SMILES string of the molecule is CCc1nncn1CCNC(=NCCCN(C)c1ccccc1)NC(C)(C)C.I. The monoisotopic (exact) mass is 513 g/mol. The van der Waals surface area contributed by atoms with E-state index in [1.165, 1.54) is 5.69 Å². The number of benzene rings is 1. The number of nitrogens with zero attached hydrogens (tertiary/aromatic N) is 5.